The van der Waals surface area contributed by atoms with Crippen molar-refractivity contribution in [2.75, 3.05) is 13.1 Å². The van der Waals surface area contributed by atoms with Crippen molar-refractivity contribution in [3.63, 3.8) is 0 Å². The molecule has 2 amide bonds. The third-order valence-corrected chi connectivity index (χ3v) is 3.86. The minimum Gasteiger partial charge on any atom is -0.478 e. The standard InChI is InChI=1S/C15H24N2O4/c1-9(2)13(18)16-12-5-7-17(8-6-12)14(19)10(3)11(4)15(20)21/h9,12H,5-8H2,1-4H3,(H,16,18)(H,20,21). The van der Waals surface area contributed by atoms with Crippen LogP contribution in [-0.2, 0) is 14.4 Å². The number of piperidine rings is 1. The van der Waals surface area contributed by atoms with E-state index in [9.17, 15) is 14.4 Å². The molecule has 6 heteroatoms. The summed E-state index contributed by atoms with van der Waals surface area (Å²) in [6.45, 7) is 7.73. The molecule has 6 nitrogen and oxygen atoms in total. The van der Waals surface area contributed by atoms with E-state index in [1.807, 2.05) is 13.8 Å². The molecular weight excluding hydrogens is 272 g/mol. The predicted molar refractivity (Wildman–Crippen MR) is 78.6 cm³/mol. The molecule has 0 aromatic rings. The van der Waals surface area contributed by atoms with Crippen molar-refractivity contribution in [2.24, 2.45) is 5.92 Å². The van der Waals surface area contributed by atoms with Crippen molar-refractivity contribution in [2.45, 2.75) is 46.6 Å². The number of carboxylic acids is 1. The molecule has 1 rings (SSSR count). The van der Waals surface area contributed by atoms with Gasteiger partial charge in [0.05, 0.1) is 0 Å². The quantitative estimate of drug-likeness (QED) is 0.762. The highest BCUT2D eigenvalue weighted by molar-refractivity contribution is 6.01. The van der Waals surface area contributed by atoms with Crippen LogP contribution >= 0.6 is 0 Å². The SMILES string of the molecule is CC(C(=O)O)=C(C)C(=O)N1CCC(NC(=O)C(C)C)CC1. The molecule has 0 atom stereocenters. The van der Waals surface area contributed by atoms with Crippen LogP contribution in [0.4, 0.5) is 0 Å². The minimum absolute atomic E-state index is 0.0255. The molecule has 2 N–H and O–H groups in total. The second kappa shape index (κ2) is 7.24. The number of nitrogens with zero attached hydrogens (tertiary/aromatic N) is 1. The Morgan fingerprint density at radius 2 is 1.62 bits per heavy atom. The van der Waals surface area contributed by atoms with Gasteiger partial charge in [-0.25, -0.2) is 4.79 Å². The number of carbonyl (C=O) groups excluding carboxylic acids is 2. The Kier molecular flexibility index (Phi) is 5.93. The van der Waals surface area contributed by atoms with Gasteiger partial charge in [0.2, 0.25) is 11.8 Å². The Balaban J connectivity index is 2.57. The normalized spacial score (nSPS) is 17.5. The van der Waals surface area contributed by atoms with Gasteiger partial charge in [-0.1, -0.05) is 13.8 Å². The van der Waals surface area contributed by atoms with E-state index in [0.717, 1.165) is 0 Å². The fourth-order valence-electron chi connectivity index (χ4n) is 2.15. The molecule has 1 fully saturated rings. The molecule has 1 aliphatic heterocycles. The van der Waals surface area contributed by atoms with Gasteiger partial charge in [0.15, 0.2) is 0 Å². The monoisotopic (exact) mass is 296 g/mol. The number of hydrogen-bond donors (Lipinski definition) is 2. The first-order valence-electron chi connectivity index (χ1n) is 7.24. The lowest BCUT2D eigenvalue weighted by molar-refractivity contribution is -0.134. The Labute approximate surface area is 125 Å². The molecule has 0 bridgehead atoms. The van der Waals surface area contributed by atoms with E-state index >= 15 is 0 Å². The van der Waals surface area contributed by atoms with Crippen molar-refractivity contribution in [3.05, 3.63) is 11.1 Å². The summed E-state index contributed by atoms with van der Waals surface area (Å²) in [5, 5.41) is 11.9. The molecule has 1 aliphatic rings. The maximum absolute atomic E-state index is 12.2. The summed E-state index contributed by atoms with van der Waals surface area (Å²) in [6.07, 6.45) is 1.40. The minimum atomic E-state index is -1.07. The maximum Gasteiger partial charge on any atom is 0.331 e. The van der Waals surface area contributed by atoms with Gasteiger partial charge in [-0.3, -0.25) is 9.59 Å². The third-order valence-electron chi connectivity index (χ3n) is 3.86. The topological polar surface area (TPSA) is 86.7 Å². The van der Waals surface area contributed by atoms with Crippen molar-refractivity contribution < 1.29 is 19.5 Å². The zero-order valence-electron chi connectivity index (χ0n) is 13.1. The average molecular weight is 296 g/mol. The van der Waals surface area contributed by atoms with Gasteiger partial charge in [0.25, 0.3) is 0 Å². The Hall–Kier alpha value is -1.85. The number of hydrogen-bond acceptors (Lipinski definition) is 3. The zero-order valence-corrected chi connectivity index (χ0v) is 13.1. The van der Waals surface area contributed by atoms with E-state index < -0.39 is 5.97 Å². The van der Waals surface area contributed by atoms with Crippen LogP contribution in [0, 0.1) is 5.92 Å². The number of carbonyl (C=O) groups is 3. The van der Waals surface area contributed by atoms with Gasteiger partial charge in [-0.05, 0) is 26.7 Å². The lowest BCUT2D eigenvalue weighted by Crippen LogP contribution is -2.47. The zero-order chi connectivity index (χ0) is 16.2. The van der Waals surface area contributed by atoms with E-state index in [4.69, 9.17) is 5.11 Å². The number of carboxylic acid groups (broad SMARTS) is 1. The molecule has 0 aromatic heterocycles. The molecule has 0 saturated carbocycles. The number of aliphatic carboxylic acids is 1. The van der Waals surface area contributed by atoms with Crippen molar-refractivity contribution in [1.29, 1.82) is 0 Å². The van der Waals surface area contributed by atoms with Crippen LogP contribution in [0.2, 0.25) is 0 Å². The summed E-state index contributed by atoms with van der Waals surface area (Å²) in [6, 6.07) is 0.0915. The van der Waals surface area contributed by atoms with Crippen molar-refractivity contribution >= 4 is 17.8 Å². The van der Waals surface area contributed by atoms with Gasteiger partial charge < -0.3 is 15.3 Å². The lowest BCUT2D eigenvalue weighted by Gasteiger charge is -2.33. The number of nitrogens with one attached hydrogen (secondary N) is 1. The van der Waals surface area contributed by atoms with Crippen molar-refractivity contribution in [1.82, 2.24) is 10.2 Å². The van der Waals surface area contributed by atoms with Gasteiger partial charge >= 0.3 is 5.97 Å². The van der Waals surface area contributed by atoms with Crippen LogP contribution in [0.5, 0.6) is 0 Å². The molecule has 118 valence electrons. The highest BCUT2D eigenvalue weighted by Gasteiger charge is 2.26. The summed E-state index contributed by atoms with van der Waals surface area (Å²) >= 11 is 0. The smallest absolute Gasteiger partial charge is 0.331 e. The predicted octanol–water partition coefficient (Wildman–Crippen LogP) is 1.17. The van der Waals surface area contributed by atoms with Crippen LogP contribution in [0.1, 0.15) is 40.5 Å². The van der Waals surface area contributed by atoms with E-state index in [1.54, 1.807) is 11.8 Å². The Bertz CT molecular complexity index is 460. The Morgan fingerprint density at radius 3 is 2.05 bits per heavy atom. The van der Waals surface area contributed by atoms with E-state index in [2.05, 4.69) is 5.32 Å². The first-order valence-corrected chi connectivity index (χ1v) is 7.24. The van der Waals surface area contributed by atoms with Gasteiger partial charge in [-0.2, -0.15) is 0 Å². The molecule has 1 heterocycles. The average Bonchev–Trinajstić information content (AvgIpc) is 2.45. The number of amides is 2. The fourth-order valence-corrected chi connectivity index (χ4v) is 2.15. The summed E-state index contributed by atoms with van der Waals surface area (Å²) < 4.78 is 0. The van der Waals surface area contributed by atoms with Gasteiger partial charge in [-0.15, -0.1) is 0 Å². The van der Waals surface area contributed by atoms with Crippen LogP contribution in [0.15, 0.2) is 11.1 Å². The maximum atomic E-state index is 12.2. The molecular formula is C15H24N2O4. The first-order chi connectivity index (χ1) is 9.73. The van der Waals surface area contributed by atoms with Crippen LogP contribution in [0.3, 0.4) is 0 Å². The first kappa shape index (κ1) is 17.2. The molecule has 1 saturated heterocycles. The molecule has 0 aromatic carbocycles. The van der Waals surface area contributed by atoms with Crippen LogP contribution in [-0.4, -0.2) is 46.9 Å². The van der Waals surface area contributed by atoms with Crippen molar-refractivity contribution in [3.8, 4) is 0 Å². The van der Waals surface area contributed by atoms with Gasteiger partial charge in [0.1, 0.15) is 0 Å². The summed E-state index contributed by atoms with van der Waals surface area (Å²) in [7, 11) is 0. The highest BCUT2D eigenvalue weighted by Crippen LogP contribution is 2.15. The van der Waals surface area contributed by atoms with E-state index in [0.29, 0.717) is 25.9 Å². The van der Waals surface area contributed by atoms with E-state index in [1.165, 1.54) is 6.92 Å². The van der Waals surface area contributed by atoms with Crippen LogP contribution in [0.25, 0.3) is 0 Å². The molecule has 21 heavy (non-hydrogen) atoms. The van der Waals surface area contributed by atoms with E-state index in [-0.39, 0.29) is 34.9 Å². The largest absolute Gasteiger partial charge is 0.478 e. The fraction of sp³-hybridized carbons (Fsp3) is 0.667. The molecule has 0 radical (unpaired) electrons. The third kappa shape index (κ3) is 4.58. The lowest BCUT2D eigenvalue weighted by atomic mass is 10.0. The molecule has 0 aliphatic carbocycles. The van der Waals surface area contributed by atoms with Crippen LogP contribution < -0.4 is 5.32 Å². The summed E-state index contributed by atoms with van der Waals surface area (Å²) in [5.41, 5.74) is 0.349. The second-order valence-electron chi connectivity index (χ2n) is 5.78. The Morgan fingerprint density at radius 1 is 1.10 bits per heavy atom. The second-order valence-corrected chi connectivity index (χ2v) is 5.78. The summed E-state index contributed by atoms with van der Waals surface area (Å²) in [4.78, 5) is 36.4. The van der Waals surface area contributed by atoms with Gasteiger partial charge in [0, 0.05) is 36.2 Å². The number of rotatable bonds is 4. The molecule has 0 unspecified atom stereocenters. The number of likely N-dealkylation sites (tertiary alicyclic amines) is 1. The highest BCUT2D eigenvalue weighted by atomic mass is 16.4. The molecule has 0 spiro atoms. The summed E-state index contributed by atoms with van der Waals surface area (Å²) in [5.74, 6) is -1.32.